The molecule has 0 amide bonds. The number of benzene rings is 2. The molecule has 21 heavy (non-hydrogen) atoms. The molecule has 0 heterocycles. The fraction of sp³-hybridized carbons (Fsp3) is 0.133. The van der Waals surface area contributed by atoms with Crippen molar-refractivity contribution in [3.8, 4) is 5.75 Å². The van der Waals surface area contributed by atoms with Gasteiger partial charge in [-0.1, -0.05) is 31.9 Å². The van der Waals surface area contributed by atoms with Crippen molar-refractivity contribution in [2.24, 2.45) is 0 Å². The molecule has 6 heteroatoms. The molecule has 0 saturated heterocycles. The van der Waals surface area contributed by atoms with Crippen molar-refractivity contribution in [3.05, 3.63) is 56.5 Å². The van der Waals surface area contributed by atoms with Gasteiger partial charge in [0.2, 0.25) is 0 Å². The molecular weight excluding hydrogens is 420 g/mol. The lowest BCUT2D eigenvalue weighted by atomic mass is 10.2. The Morgan fingerprint density at radius 2 is 1.86 bits per heavy atom. The molecule has 0 aliphatic carbocycles. The summed E-state index contributed by atoms with van der Waals surface area (Å²) in [6.45, 7) is 0. The van der Waals surface area contributed by atoms with Gasteiger partial charge in [-0.2, -0.15) is 0 Å². The lowest BCUT2D eigenvalue weighted by Crippen LogP contribution is -1.99. The first-order chi connectivity index (χ1) is 10.0. The van der Waals surface area contributed by atoms with Gasteiger partial charge in [0, 0.05) is 25.2 Å². The number of carboxylic acids is 1. The van der Waals surface area contributed by atoms with E-state index in [4.69, 9.17) is 4.74 Å². The first kappa shape index (κ1) is 16.4. The highest BCUT2D eigenvalue weighted by atomic mass is 79.9. The molecule has 0 aliphatic heterocycles. The highest BCUT2D eigenvalue weighted by Gasteiger charge is 2.12. The second-order valence-corrected chi connectivity index (χ2v) is 7.04. The standard InChI is InChI=1S/C15H12Br2O3S/c1-20-13-5-3-10(16)6-9(13)8-21-14-7-11(17)2-4-12(14)15(18)19/h2-7H,8H2,1H3,(H,18,19). The highest BCUT2D eigenvalue weighted by molar-refractivity contribution is 9.10. The van der Waals surface area contributed by atoms with Crippen LogP contribution in [0.3, 0.4) is 0 Å². The molecule has 0 radical (unpaired) electrons. The van der Waals surface area contributed by atoms with E-state index in [2.05, 4.69) is 31.9 Å². The third kappa shape index (κ3) is 4.25. The van der Waals surface area contributed by atoms with Gasteiger partial charge in [-0.05, 0) is 36.4 Å². The van der Waals surface area contributed by atoms with Crippen LogP contribution in [-0.4, -0.2) is 18.2 Å². The Hall–Kier alpha value is -0.980. The fourth-order valence-electron chi connectivity index (χ4n) is 1.81. The Bertz CT molecular complexity index is 674. The zero-order chi connectivity index (χ0) is 15.4. The lowest BCUT2D eigenvalue weighted by molar-refractivity contribution is 0.0693. The van der Waals surface area contributed by atoms with Crippen LogP contribution in [0.25, 0.3) is 0 Å². The molecule has 0 aromatic heterocycles. The van der Waals surface area contributed by atoms with Crippen LogP contribution < -0.4 is 4.74 Å². The summed E-state index contributed by atoms with van der Waals surface area (Å²) in [7, 11) is 1.62. The second-order valence-electron chi connectivity index (χ2n) is 4.19. The van der Waals surface area contributed by atoms with Gasteiger partial charge < -0.3 is 9.84 Å². The number of carboxylic acid groups (broad SMARTS) is 1. The minimum atomic E-state index is -0.925. The SMILES string of the molecule is COc1ccc(Br)cc1CSc1cc(Br)ccc1C(=O)O. The Labute approximate surface area is 144 Å². The van der Waals surface area contributed by atoms with Gasteiger partial charge >= 0.3 is 5.97 Å². The van der Waals surface area contributed by atoms with E-state index in [9.17, 15) is 9.90 Å². The summed E-state index contributed by atoms with van der Waals surface area (Å²) in [5.41, 5.74) is 1.31. The number of hydrogen-bond donors (Lipinski definition) is 1. The van der Waals surface area contributed by atoms with Crippen LogP contribution in [-0.2, 0) is 5.75 Å². The van der Waals surface area contributed by atoms with Gasteiger partial charge in [0.25, 0.3) is 0 Å². The predicted molar refractivity (Wildman–Crippen MR) is 91.4 cm³/mol. The smallest absolute Gasteiger partial charge is 0.336 e. The van der Waals surface area contributed by atoms with Crippen LogP contribution in [0.2, 0.25) is 0 Å². The second kappa shape index (κ2) is 7.33. The summed E-state index contributed by atoms with van der Waals surface area (Å²) >= 11 is 8.28. The summed E-state index contributed by atoms with van der Waals surface area (Å²) in [4.78, 5) is 12.0. The quantitative estimate of drug-likeness (QED) is 0.660. The summed E-state index contributed by atoms with van der Waals surface area (Å²) < 4.78 is 7.15. The molecule has 1 N–H and O–H groups in total. The Morgan fingerprint density at radius 3 is 2.52 bits per heavy atom. The molecule has 0 bridgehead atoms. The van der Waals surface area contributed by atoms with Gasteiger partial charge in [0.1, 0.15) is 5.75 Å². The number of methoxy groups -OCH3 is 1. The third-order valence-corrected chi connectivity index (χ3v) is 4.89. The van der Waals surface area contributed by atoms with E-state index in [0.29, 0.717) is 11.3 Å². The maximum absolute atomic E-state index is 11.3. The molecule has 0 saturated carbocycles. The Morgan fingerprint density at radius 1 is 1.19 bits per heavy atom. The number of ether oxygens (including phenoxy) is 1. The first-order valence-corrected chi connectivity index (χ1v) is 8.56. The van der Waals surface area contributed by atoms with E-state index in [1.54, 1.807) is 19.2 Å². The summed E-state index contributed by atoms with van der Waals surface area (Å²) in [6, 6.07) is 10.9. The van der Waals surface area contributed by atoms with Crippen molar-refractivity contribution < 1.29 is 14.6 Å². The van der Waals surface area contributed by atoms with Crippen molar-refractivity contribution in [2.45, 2.75) is 10.6 Å². The molecule has 0 unspecified atom stereocenters. The highest BCUT2D eigenvalue weighted by Crippen LogP contribution is 2.33. The fourth-order valence-corrected chi connectivity index (χ4v) is 3.79. The number of hydrogen-bond acceptors (Lipinski definition) is 3. The number of halogens is 2. The van der Waals surface area contributed by atoms with Gasteiger partial charge in [-0.25, -0.2) is 4.79 Å². The topological polar surface area (TPSA) is 46.5 Å². The zero-order valence-corrected chi connectivity index (χ0v) is 15.1. The Balaban J connectivity index is 2.26. The maximum Gasteiger partial charge on any atom is 0.336 e. The van der Waals surface area contributed by atoms with Crippen LogP contribution >= 0.6 is 43.6 Å². The molecule has 110 valence electrons. The normalized spacial score (nSPS) is 10.4. The van der Waals surface area contributed by atoms with Crippen molar-refractivity contribution in [1.29, 1.82) is 0 Å². The molecule has 2 rings (SSSR count). The first-order valence-electron chi connectivity index (χ1n) is 5.99. The van der Waals surface area contributed by atoms with Crippen molar-refractivity contribution >= 4 is 49.6 Å². The van der Waals surface area contributed by atoms with E-state index in [-0.39, 0.29) is 0 Å². The van der Waals surface area contributed by atoms with Crippen LogP contribution in [0.15, 0.2) is 50.2 Å². The van der Waals surface area contributed by atoms with Crippen molar-refractivity contribution in [1.82, 2.24) is 0 Å². The van der Waals surface area contributed by atoms with E-state index in [0.717, 1.165) is 25.2 Å². The molecular formula is C15H12Br2O3S. The van der Waals surface area contributed by atoms with Crippen LogP contribution in [0.5, 0.6) is 5.75 Å². The van der Waals surface area contributed by atoms with E-state index < -0.39 is 5.97 Å². The summed E-state index contributed by atoms with van der Waals surface area (Å²) in [6.07, 6.45) is 0. The molecule has 0 spiro atoms. The van der Waals surface area contributed by atoms with Crippen LogP contribution in [0, 0.1) is 0 Å². The Kier molecular flexibility index (Phi) is 5.72. The summed E-state index contributed by atoms with van der Waals surface area (Å²) in [5, 5.41) is 9.24. The van der Waals surface area contributed by atoms with E-state index in [1.165, 1.54) is 11.8 Å². The van der Waals surface area contributed by atoms with Gasteiger partial charge in [-0.3, -0.25) is 0 Å². The maximum atomic E-state index is 11.3. The average molecular weight is 432 g/mol. The molecule has 0 atom stereocenters. The largest absolute Gasteiger partial charge is 0.496 e. The third-order valence-electron chi connectivity index (χ3n) is 2.80. The number of rotatable bonds is 5. The minimum absolute atomic E-state index is 0.303. The van der Waals surface area contributed by atoms with Gasteiger partial charge in [-0.15, -0.1) is 11.8 Å². The molecule has 2 aromatic rings. The van der Waals surface area contributed by atoms with Gasteiger partial charge in [0.05, 0.1) is 12.7 Å². The van der Waals surface area contributed by atoms with Crippen LogP contribution in [0.4, 0.5) is 0 Å². The van der Waals surface area contributed by atoms with Crippen molar-refractivity contribution in [3.63, 3.8) is 0 Å². The van der Waals surface area contributed by atoms with E-state index >= 15 is 0 Å². The summed E-state index contributed by atoms with van der Waals surface area (Å²) in [5.74, 6) is 0.489. The average Bonchev–Trinajstić information content (AvgIpc) is 2.45. The number of thioether (sulfide) groups is 1. The lowest BCUT2D eigenvalue weighted by Gasteiger charge is -2.10. The number of aromatic carboxylic acids is 1. The molecule has 3 nitrogen and oxygen atoms in total. The minimum Gasteiger partial charge on any atom is -0.496 e. The molecule has 2 aromatic carbocycles. The predicted octanol–water partition coefficient (Wildman–Crippen LogP) is 5.21. The van der Waals surface area contributed by atoms with Crippen molar-refractivity contribution in [2.75, 3.05) is 7.11 Å². The zero-order valence-electron chi connectivity index (χ0n) is 11.1. The van der Waals surface area contributed by atoms with E-state index in [1.807, 2.05) is 24.3 Å². The van der Waals surface area contributed by atoms with Gasteiger partial charge in [0.15, 0.2) is 0 Å². The molecule has 0 aliphatic rings. The molecule has 0 fully saturated rings. The van der Waals surface area contributed by atoms with Crippen LogP contribution in [0.1, 0.15) is 15.9 Å². The number of carbonyl (C=O) groups is 1. The monoisotopic (exact) mass is 430 g/mol.